The van der Waals surface area contributed by atoms with Crippen LogP contribution in [-0.4, -0.2) is 38.1 Å². The van der Waals surface area contributed by atoms with E-state index in [0.29, 0.717) is 5.92 Å². The van der Waals surface area contributed by atoms with Crippen LogP contribution in [0.3, 0.4) is 0 Å². The Morgan fingerprint density at radius 2 is 1.86 bits per heavy atom. The number of nitrogens with one attached hydrogen (secondary N) is 1. The van der Waals surface area contributed by atoms with Crippen molar-refractivity contribution in [3.8, 4) is 0 Å². The van der Waals surface area contributed by atoms with Crippen LogP contribution < -0.4 is 5.32 Å². The van der Waals surface area contributed by atoms with Gasteiger partial charge in [-0.2, -0.15) is 0 Å². The van der Waals surface area contributed by atoms with Crippen molar-refractivity contribution in [2.75, 3.05) is 33.2 Å². The van der Waals surface area contributed by atoms with E-state index in [9.17, 15) is 4.39 Å². The molecule has 1 heterocycles. The summed E-state index contributed by atoms with van der Waals surface area (Å²) < 4.78 is 12.9. The summed E-state index contributed by atoms with van der Waals surface area (Å²) in [5.74, 6) is 1.22. The van der Waals surface area contributed by atoms with Crippen LogP contribution in [0.15, 0.2) is 24.3 Å². The lowest BCUT2D eigenvalue weighted by Crippen LogP contribution is -2.36. The minimum atomic E-state index is -0.147. The lowest BCUT2D eigenvalue weighted by Gasteiger charge is -2.33. The van der Waals surface area contributed by atoms with Crippen molar-refractivity contribution in [2.24, 2.45) is 5.92 Å². The highest BCUT2D eigenvalue weighted by atomic mass is 35.5. The molecule has 1 unspecified atom stereocenters. The van der Waals surface area contributed by atoms with Crippen molar-refractivity contribution in [3.05, 3.63) is 35.6 Å². The summed E-state index contributed by atoms with van der Waals surface area (Å²) in [6, 6.07) is 6.96. The Balaban J connectivity index is 0.00000220. The second-order valence-electron chi connectivity index (χ2n) is 6.09. The SMILES string of the molecule is CNCCC1CCN(CC(C)c2ccc(F)cc2)CC1.Cl. The number of rotatable bonds is 6. The van der Waals surface area contributed by atoms with Crippen LogP contribution in [0, 0.1) is 11.7 Å². The van der Waals surface area contributed by atoms with E-state index < -0.39 is 0 Å². The maximum absolute atomic E-state index is 12.9. The fourth-order valence-corrected chi connectivity index (χ4v) is 3.09. The lowest BCUT2D eigenvalue weighted by atomic mass is 9.92. The monoisotopic (exact) mass is 314 g/mol. The molecule has 1 atom stereocenters. The molecule has 0 spiro atoms. The number of likely N-dealkylation sites (tertiary alicyclic amines) is 1. The first-order valence-electron chi connectivity index (χ1n) is 7.81. The molecule has 21 heavy (non-hydrogen) atoms. The molecule has 0 aromatic heterocycles. The molecule has 0 saturated carbocycles. The topological polar surface area (TPSA) is 15.3 Å². The standard InChI is InChI=1S/C17H27FN2.ClH/c1-14(16-3-5-17(18)6-4-16)13-20-11-8-15(9-12-20)7-10-19-2;/h3-6,14-15,19H,7-13H2,1-2H3;1H. The molecular formula is C17H28ClFN2. The third kappa shape index (κ3) is 5.93. The Morgan fingerprint density at radius 3 is 2.43 bits per heavy atom. The van der Waals surface area contributed by atoms with E-state index in [1.54, 1.807) is 12.1 Å². The van der Waals surface area contributed by atoms with Crippen molar-refractivity contribution >= 4 is 12.4 Å². The summed E-state index contributed by atoms with van der Waals surface area (Å²) in [5, 5.41) is 3.24. The normalized spacial score (nSPS) is 18.2. The lowest BCUT2D eigenvalue weighted by molar-refractivity contribution is 0.172. The first-order valence-corrected chi connectivity index (χ1v) is 7.81. The van der Waals surface area contributed by atoms with Gasteiger partial charge in [0.15, 0.2) is 0 Å². The molecule has 2 nitrogen and oxygen atoms in total. The Morgan fingerprint density at radius 1 is 1.24 bits per heavy atom. The Hall–Kier alpha value is -0.640. The highest BCUT2D eigenvalue weighted by Crippen LogP contribution is 2.23. The molecule has 0 bridgehead atoms. The molecule has 0 radical (unpaired) electrons. The van der Waals surface area contributed by atoms with Crippen LogP contribution in [0.2, 0.25) is 0 Å². The zero-order valence-electron chi connectivity index (χ0n) is 13.1. The van der Waals surface area contributed by atoms with Crippen LogP contribution in [0.1, 0.15) is 37.7 Å². The van der Waals surface area contributed by atoms with Crippen LogP contribution in [0.5, 0.6) is 0 Å². The molecule has 1 N–H and O–H groups in total. The van der Waals surface area contributed by atoms with Gasteiger partial charge >= 0.3 is 0 Å². The molecule has 0 amide bonds. The predicted octanol–water partition coefficient (Wildman–Crippen LogP) is 3.67. The van der Waals surface area contributed by atoms with Gasteiger partial charge < -0.3 is 10.2 Å². The average Bonchev–Trinajstić information content (AvgIpc) is 2.47. The third-order valence-electron chi connectivity index (χ3n) is 4.48. The zero-order chi connectivity index (χ0) is 14.4. The van der Waals surface area contributed by atoms with Crippen LogP contribution in [-0.2, 0) is 0 Å². The summed E-state index contributed by atoms with van der Waals surface area (Å²) in [7, 11) is 2.03. The van der Waals surface area contributed by atoms with Gasteiger partial charge in [-0.15, -0.1) is 12.4 Å². The highest BCUT2D eigenvalue weighted by molar-refractivity contribution is 5.85. The van der Waals surface area contributed by atoms with Crippen molar-refractivity contribution in [3.63, 3.8) is 0 Å². The smallest absolute Gasteiger partial charge is 0.123 e. The molecule has 2 rings (SSSR count). The molecular weight excluding hydrogens is 287 g/mol. The molecule has 4 heteroatoms. The summed E-state index contributed by atoms with van der Waals surface area (Å²) in [4.78, 5) is 2.56. The van der Waals surface area contributed by atoms with Gasteiger partial charge in [0.1, 0.15) is 5.82 Å². The number of piperidine rings is 1. The van der Waals surface area contributed by atoms with Crippen molar-refractivity contribution in [1.29, 1.82) is 0 Å². The minimum Gasteiger partial charge on any atom is -0.320 e. The van der Waals surface area contributed by atoms with Crippen molar-refractivity contribution in [2.45, 2.75) is 32.1 Å². The molecule has 1 aliphatic rings. The summed E-state index contributed by atoms with van der Waals surface area (Å²) >= 11 is 0. The average molecular weight is 315 g/mol. The van der Waals surface area contributed by atoms with Gasteiger partial charge in [0, 0.05) is 6.54 Å². The van der Waals surface area contributed by atoms with Crippen molar-refractivity contribution in [1.82, 2.24) is 10.2 Å². The van der Waals surface area contributed by atoms with Crippen molar-refractivity contribution < 1.29 is 4.39 Å². The molecule has 0 aliphatic carbocycles. The van der Waals surface area contributed by atoms with Gasteiger partial charge in [-0.05, 0) is 75.5 Å². The van der Waals surface area contributed by atoms with Gasteiger partial charge in [0.2, 0.25) is 0 Å². The summed E-state index contributed by atoms with van der Waals surface area (Å²) in [6.45, 7) is 6.88. The first-order chi connectivity index (χ1) is 9.69. The Bertz CT molecular complexity index is 388. The van der Waals surface area contributed by atoms with E-state index in [1.807, 2.05) is 19.2 Å². The Labute approximate surface area is 134 Å². The fraction of sp³-hybridized carbons (Fsp3) is 0.647. The number of halogens is 2. The van der Waals surface area contributed by atoms with Gasteiger partial charge in [0.05, 0.1) is 0 Å². The largest absolute Gasteiger partial charge is 0.320 e. The number of benzene rings is 1. The third-order valence-corrected chi connectivity index (χ3v) is 4.48. The molecule has 1 aromatic rings. The van der Waals surface area contributed by atoms with E-state index in [0.717, 1.165) is 19.0 Å². The Kier molecular flexibility index (Phi) is 8.23. The van der Waals surface area contributed by atoms with Gasteiger partial charge in [-0.1, -0.05) is 19.1 Å². The van der Waals surface area contributed by atoms with Gasteiger partial charge in [-0.25, -0.2) is 4.39 Å². The van der Waals surface area contributed by atoms with E-state index in [4.69, 9.17) is 0 Å². The minimum absolute atomic E-state index is 0. The second kappa shape index (κ2) is 9.39. The number of nitrogens with zero attached hydrogens (tertiary/aromatic N) is 1. The molecule has 1 aliphatic heterocycles. The molecule has 1 aromatic carbocycles. The maximum atomic E-state index is 12.9. The fourth-order valence-electron chi connectivity index (χ4n) is 3.09. The van der Waals surface area contributed by atoms with Crippen LogP contribution in [0.4, 0.5) is 4.39 Å². The highest BCUT2D eigenvalue weighted by Gasteiger charge is 2.20. The quantitative estimate of drug-likeness (QED) is 0.862. The van der Waals surface area contributed by atoms with E-state index in [1.165, 1.54) is 37.9 Å². The second-order valence-corrected chi connectivity index (χ2v) is 6.09. The number of hydrogen-bond donors (Lipinski definition) is 1. The van der Waals surface area contributed by atoms with E-state index in [-0.39, 0.29) is 18.2 Å². The number of hydrogen-bond acceptors (Lipinski definition) is 2. The zero-order valence-corrected chi connectivity index (χ0v) is 14.0. The molecule has 1 fully saturated rings. The first kappa shape index (κ1) is 18.4. The summed E-state index contributed by atoms with van der Waals surface area (Å²) in [6.07, 6.45) is 3.94. The predicted molar refractivity (Wildman–Crippen MR) is 89.8 cm³/mol. The van der Waals surface area contributed by atoms with E-state index >= 15 is 0 Å². The van der Waals surface area contributed by atoms with Crippen LogP contribution >= 0.6 is 12.4 Å². The molecule has 1 saturated heterocycles. The van der Waals surface area contributed by atoms with E-state index in [2.05, 4.69) is 17.1 Å². The molecule has 120 valence electrons. The van der Waals surface area contributed by atoms with Crippen LogP contribution in [0.25, 0.3) is 0 Å². The summed E-state index contributed by atoms with van der Waals surface area (Å²) in [5.41, 5.74) is 1.24. The van der Waals surface area contributed by atoms with Gasteiger partial charge in [-0.3, -0.25) is 0 Å². The maximum Gasteiger partial charge on any atom is 0.123 e. The van der Waals surface area contributed by atoms with Gasteiger partial charge in [0.25, 0.3) is 0 Å².